The normalized spacial score (nSPS) is 10.1. The topological polar surface area (TPSA) is 21.3 Å². The van der Waals surface area contributed by atoms with Crippen LogP contribution in [0.15, 0.2) is 54.6 Å². The summed E-state index contributed by atoms with van der Waals surface area (Å²) in [7, 11) is 0. The van der Waals surface area contributed by atoms with E-state index in [0.717, 1.165) is 23.7 Å². The van der Waals surface area contributed by atoms with Crippen molar-refractivity contribution in [1.29, 1.82) is 0 Å². The lowest BCUT2D eigenvalue weighted by Gasteiger charge is -2.09. The number of hydrogen-bond acceptors (Lipinski definition) is 2. The molecule has 94 valence electrons. The van der Waals surface area contributed by atoms with Crippen LogP contribution in [0.5, 0.6) is 11.5 Å². The maximum Gasteiger partial charge on any atom is 0.129 e. The molecule has 0 saturated heterocycles. The second-order valence-corrected chi connectivity index (χ2v) is 4.22. The summed E-state index contributed by atoms with van der Waals surface area (Å²) in [4.78, 5) is 0. The third-order valence-corrected chi connectivity index (χ3v) is 2.67. The summed E-state index contributed by atoms with van der Waals surface area (Å²) in [6, 6.07) is 17.9. The molecule has 0 amide bonds. The van der Waals surface area contributed by atoms with E-state index in [0.29, 0.717) is 0 Å². The Labute approximate surface area is 109 Å². The number of unbranched alkanes of at least 4 members (excludes halogenated alkanes) is 1. The van der Waals surface area contributed by atoms with Crippen molar-refractivity contribution in [2.24, 2.45) is 0 Å². The van der Waals surface area contributed by atoms with E-state index in [1.807, 2.05) is 48.5 Å². The minimum atomic E-state index is 0.864. The van der Waals surface area contributed by atoms with Crippen molar-refractivity contribution in [3.05, 3.63) is 54.6 Å². The van der Waals surface area contributed by atoms with Crippen LogP contribution in [0.4, 0.5) is 5.69 Å². The zero-order valence-electron chi connectivity index (χ0n) is 10.7. The van der Waals surface area contributed by atoms with Crippen LogP contribution in [0.3, 0.4) is 0 Å². The number of rotatable bonds is 6. The van der Waals surface area contributed by atoms with Gasteiger partial charge in [0.05, 0.1) is 0 Å². The average molecular weight is 241 g/mol. The fourth-order valence-corrected chi connectivity index (χ4v) is 1.70. The lowest BCUT2D eigenvalue weighted by Crippen LogP contribution is -2.00. The van der Waals surface area contributed by atoms with E-state index in [1.54, 1.807) is 0 Å². The van der Waals surface area contributed by atoms with E-state index in [4.69, 9.17) is 4.74 Å². The Bertz CT molecular complexity index is 468. The summed E-state index contributed by atoms with van der Waals surface area (Å²) in [6.07, 6.45) is 2.39. The van der Waals surface area contributed by atoms with Crippen LogP contribution in [-0.2, 0) is 0 Å². The molecule has 2 rings (SSSR count). The molecule has 0 spiro atoms. The Morgan fingerprint density at radius 3 is 2.50 bits per heavy atom. The van der Waals surface area contributed by atoms with Gasteiger partial charge in [-0.05, 0) is 30.7 Å². The molecule has 0 fully saturated rings. The first-order valence-electron chi connectivity index (χ1n) is 6.45. The van der Waals surface area contributed by atoms with Crippen molar-refractivity contribution in [2.75, 3.05) is 11.9 Å². The molecule has 0 aromatic heterocycles. The highest BCUT2D eigenvalue weighted by Crippen LogP contribution is 2.23. The van der Waals surface area contributed by atoms with Gasteiger partial charge < -0.3 is 10.1 Å². The smallest absolute Gasteiger partial charge is 0.129 e. The standard InChI is InChI=1S/C16H19NO/c1-2-3-12-17-14-8-7-11-16(13-14)18-15-9-5-4-6-10-15/h4-11,13,17H,2-3,12H2,1H3. The summed E-state index contributed by atoms with van der Waals surface area (Å²) < 4.78 is 5.79. The second-order valence-electron chi connectivity index (χ2n) is 4.22. The first-order chi connectivity index (χ1) is 8.88. The minimum Gasteiger partial charge on any atom is -0.457 e. The van der Waals surface area contributed by atoms with Crippen LogP contribution >= 0.6 is 0 Å². The van der Waals surface area contributed by atoms with Crippen LogP contribution in [0, 0.1) is 0 Å². The maximum atomic E-state index is 5.79. The highest BCUT2D eigenvalue weighted by molar-refractivity contribution is 5.49. The van der Waals surface area contributed by atoms with Gasteiger partial charge in [-0.1, -0.05) is 37.6 Å². The summed E-state index contributed by atoms with van der Waals surface area (Å²) in [5, 5.41) is 3.39. The molecule has 0 unspecified atom stereocenters. The fourth-order valence-electron chi connectivity index (χ4n) is 1.70. The molecular weight excluding hydrogens is 222 g/mol. The van der Waals surface area contributed by atoms with E-state index >= 15 is 0 Å². The lowest BCUT2D eigenvalue weighted by atomic mass is 10.2. The number of nitrogens with one attached hydrogen (secondary N) is 1. The van der Waals surface area contributed by atoms with Gasteiger partial charge in [0.25, 0.3) is 0 Å². The van der Waals surface area contributed by atoms with Gasteiger partial charge in [0.15, 0.2) is 0 Å². The van der Waals surface area contributed by atoms with Gasteiger partial charge >= 0.3 is 0 Å². The Morgan fingerprint density at radius 1 is 0.944 bits per heavy atom. The molecule has 18 heavy (non-hydrogen) atoms. The van der Waals surface area contributed by atoms with Gasteiger partial charge in [0.1, 0.15) is 11.5 Å². The van der Waals surface area contributed by atoms with E-state index in [9.17, 15) is 0 Å². The highest BCUT2D eigenvalue weighted by Gasteiger charge is 1.98. The van der Waals surface area contributed by atoms with Crippen molar-refractivity contribution in [1.82, 2.24) is 0 Å². The highest BCUT2D eigenvalue weighted by atomic mass is 16.5. The zero-order valence-corrected chi connectivity index (χ0v) is 10.7. The molecule has 2 nitrogen and oxygen atoms in total. The second kappa shape index (κ2) is 6.70. The average Bonchev–Trinajstić information content (AvgIpc) is 2.41. The Morgan fingerprint density at radius 2 is 1.72 bits per heavy atom. The van der Waals surface area contributed by atoms with E-state index < -0.39 is 0 Å². The molecule has 1 N–H and O–H groups in total. The van der Waals surface area contributed by atoms with Crippen LogP contribution in [0.25, 0.3) is 0 Å². The molecule has 0 radical (unpaired) electrons. The van der Waals surface area contributed by atoms with Crippen LogP contribution < -0.4 is 10.1 Å². The van der Waals surface area contributed by atoms with Crippen LogP contribution in [0.2, 0.25) is 0 Å². The minimum absolute atomic E-state index is 0.864. The maximum absolute atomic E-state index is 5.79. The first kappa shape index (κ1) is 12.5. The molecule has 0 aliphatic heterocycles. The molecule has 0 heterocycles. The molecular formula is C16H19NO. The number of ether oxygens (including phenoxy) is 1. The number of anilines is 1. The van der Waals surface area contributed by atoms with Gasteiger partial charge in [-0.3, -0.25) is 0 Å². The lowest BCUT2D eigenvalue weighted by molar-refractivity contribution is 0.483. The molecule has 0 aliphatic rings. The van der Waals surface area contributed by atoms with Crippen LogP contribution in [0.1, 0.15) is 19.8 Å². The molecule has 0 saturated carbocycles. The molecule has 0 bridgehead atoms. The third kappa shape index (κ3) is 3.81. The van der Waals surface area contributed by atoms with Gasteiger partial charge in [-0.15, -0.1) is 0 Å². The fraction of sp³-hybridized carbons (Fsp3) is 0.250. The largest absolute Gasteiger partial charge is 0.457 e. The van der Waals surface area contributed by atoms with Crippen molar-refractivity contribution in [2.45, 2.75) is 19.8 Å². The first-order valence-corrected chi connectivity index (χ1v) is 6.45. The zero-order chi connectivity index (χ0) is 12.6. The van der Waals surface area contributed by atoms with Gasteiger partial charge in [-0.25, -0.2) is 0 Å². The van der Waals surface area contributed by atoms with Gasteiger partial charge in [-0.2, -0.15) is 0 Å². The predicted molar refractivity (Wildman–Crippen MR) is 76.4 cm³/mol. The SMILES string of the molecule is CCCCNc1cccc(Oc2ccccc2)c1. The Balaban J connectivity index is 1.99. The monoisotopic (exact) mass is 241 g/mol. The van der Waals surface area contributed by atoms with E-state index in [-0.39, 0.29) is 0 Å². The molecule has 2 heteroatoms. The number of hydrogen-bond donors (Lipinski definition) is 1. The molecule has 2 aromatic carbocycles. The van der Waals surface area contributed by atoms with Crippen molar-refractivity contribution < 1.29 is 4.74 Å². The van der Waals surface area contributed by atoms with Crippen molar-refractivity contribution in [3.8, 4) is 11.5 Å². The van der Waals surface area contributed by atoms with Crippen molar-refractivity contribution in [3.63, 3.8) is 0 Å². The van der Waals surface area contributed by atoms with Crippen LogP contribution in [-0.4, -0.2) is 6.54 Å². The number of benzene rings is 2. The Kier molecular flexibility index (Phi) is 4.65. The summed E-state index contributed by atoms with van der Waals surface area (Å²) >= 11 is 0. The number of para-hydroxylation sites is 1. The summed E-state index contributed by atoms with van der Waals surface area (Å²) in [5.74, 6) is 1.73. The quantitative estimate of drug-likeness (QED) is 0.741. The molecule has 0 aliphatic carbocycles. The van der Waals surface area contributed by atoms with Crippen molar-refractivity contribution >= 4 is 5.69 Å². The molecule has 0 atom stereocenters. The third-order valence-electron chi connectivity index (χ3n) is 2.67. The molecule has 2 aromatic rings. The van der Waals surface area contributed by atoms with Gasteiger partial charge in [0.2, 0.25) is 0 Å². The summed E-state index contributed by atoms with van der Waals surface area (Å²) in [5.41, 5.74) is 1.11. The predicted octanol–water partition coefficient (Wildman–Crippen LogP) is 4.69. The van der Waals surface area contributed by atoms with E-state index in [2.05, 4.69) is 18.3 Å². The Hall–Kier alpha value is -1.96. The summed E-state index contributed by atoms with van der Waals surface area (Å²) in [6.45, 7) is 3.20. The van der Waals surface area contributed by atoms with E-state index in [1.165, 1.54) is 12.8 Å². The van der Waals surface area contributed by atoms with Gasteiger partial charge in [0, 0.05) is 18.3 Å².